The number of halogens is 4. The molecule has 136 valence electrons. The van der Waals surface area contributed by atoms with E-state index in [2.05, 4.69) is 31.0 Å². The molecule has 0 radical (unpaired) electrons. The quantitative estimate of drug-likeness (QED) is 0.376. The van der Waals surface area contributed by atoms with Gasteiger partial charge in [-0.15, -0.1) is 0 Å². The molecule has 6 nitrogen and oxygen atoms in total. The van der Waals surface area contributed by atoms with Crippen molar-refractivity contribution in [2.75, 3.05) is 0 Å². The Labute approximate surface area is 175 Å². The van der Waals surface area contributed by atoms with Crippen LogP contribution in [0, 0.1) is 6.92 Å². The maximum Gasteiger partial charge on any atom is 0.347 e. The van der Waals surface area contributed by atoms with Crippen molar-refractivity contribution >= 4 is 61.6 Å². The minimum atomic E-state index is -0.590. The molecule has 0 saturated carbocycles. The number of nitrogens with zero attached hydrogens (tertiary/aromatic N) is 4. The molecule has 0 aliphatic carbocycles. The Balaban J connectivity index is 2.02. The van der Waals surface area contributed by atoms with Gasteiger partial charge in [-0.3, -0.25) is 0 Å². The van der Waals surface area contributed by atoms with Crippen molar-refractivity contribution in [3.63, 3.8) is 0 Å². The molecule has 0 unspecified atom stereocenters. The monoisotopic (exact) mass is 484 g/mol. The van der Waals surface area contributed by atoms with Crippen LogP contribution in [0.15, 0.2) is 44.3 Å². The average molecular weight is 487 g/mol. The van der Waals surface area contributed by atoms with Gasteiger partial charge < -0.3 is 4.42 Å². The molecule has 0 saturated heterocycles. The maximum absolute atomic E-state index is 12.5. The van der Waals surface area contributed by atoms with Gasteiger partial charge in [0.2, 0.25) is 5.89 Å². The molecule has 0 N–H and O–H groups in total. The summed E-state index contributed by atoms with van der Waals surface area (Å²) in [6.07, 6.45) is 1.58. The Morgan fingerprint density at radius 2 is 1.96 bits per heavy atom. The highest BCUT2D eigenvalue weighted by molar-refractivity contribution is 9.10. The highest BCUT2D eigenvalue weighted by Crippen LogP contribution is 2.32. The topological polar surface area (TPSA) is 73.8 Å². The summed E-state index contributed by atoms with van der Waals surface area (Å²) in [6, 6.07) is 6.47. The number of hydrogen-bond acceptors (Lipinski definition) is 5. The van der Waals surface area contributed by atoms with Crippen LogP contribution < -0.4 is 5.63 Å². The van der Waals surface area contributed by atoms with Crippen molar-refractivity contribution in [2.45, 2.75) is 6.92 Å². The molecule has 27 heavy (non-hydrogen) atoms. The smallest absolute Gasteiger partial charge is 0.347 e. The highest BCUT2D eigenvalue weighted by Gasteiger charge is 2.20. The molecule has 0 aliphatic rings. The van der Waals surface area contributed by atoms with Gasteiger partial charge in [0.05, 0.1) is 26.0 Å². The Morgan fingerprint density at radius 3 is 2.70 bits per heavy atom. The lowest BCUT2D eigenvalue weighted by Gasteiger charge is -2.09. The van der Waals surface area contributed by atoms with Crippen LogP contribution >= 0.6 is 50.7 Å². The van der Waals surface area contributed by atoms with Gasteiger partial charge in [0.1, 0.15) is 10.3 Å². The van der Waals surface area contributed by atoms with Crippen molar-refractivity contribution in [2.24, 2.45) is 0 Å². The SMILES string of the molecule is Cc1c(Cl)c(Cl)cc2c(=O)oc(-c3cc(Br)nn3-c3ncccc3Cl)nc12. The van der Waals surface area contributed by atoms with Crippen LogP contribution in [0.1, 0.15) is 5.56 Å². The first kappa shape index (κ1) is 18.4. The third-order valence-corrected chi connectivity index (χ3v) is 5.45. The minimum Gasteiger partial charge on any atom is -0.401 e. The molecular formula is C17H8BrCl3N4O2. The lowest BCUT2D eigenvalue weighted by molar-refractivity contribution is 0.513. The number of benzene rings is 1. The summed E-state index contributed by atoms with van der Waals surface area (Å²) < 4.78 is 7.36. The molecule has 10 heteroatoms. The summed E-state index contributed by atoms with van der Waals surface area (Å²) in [5.41, 5.74) is 0.778. The van der Waals surface area contributed by atoms with Crippen LogP contribution in [0.5, 0.6) is 0 Å². The van der Waals surface area contributed by atoms with Gasteiger partial charge in [-0.05, 0) is 46.6 Å². The van der Waals surface area contributed by atoms with Crippen LogP contribution in [0.2, 0.25) is 15.1 Å². The summed E-state index contributed by atoms with van der Waals surface area (Å²) in [7, 11) is 0. The lowest BCUT2D eigenvalue weighted by atomic mass is 10.1. The Morgan fingerprint density at radius 1 is 1.19 bits per heavy atom. The van der Waals surface area contributed by atoms with Gasteiger partial charge >= 0.3 is 5.63 Å². The molecule has 4 aromatic rings. The van der Waals surface area contributed by atoms with Crippen LogP contribution in [0.4, 0.5) is 0 Å². The lowest BCUT2D eigenvalue weighted by Crippen LogP contribution is -2.08. The molecule has 0 atom stereocenters. The first-order chi connectivity index (χ1) is 12.9. The summed E-state index contributed by atoms with van der Waals surface area (Å²) in [4.78, 5) is 21.2. The zero-order valence-electron chi connectivity index (χ0n) is 13.5. The van der Waals surface area contributed by atoms with Crippen LogP contribution in [-0.2, 0) is 0 Å². The van der Waals surface area contributed by atoms with E-state index in [9.17, 15) is 4.79 Å². The molecule has 0 aliphatic heterocycles. The highest BCUT2D eigenvalue weighted by atomic mass is 79.9. The number of hydrogen-bond donors (Lipinski definition) is 0. The zero-order valence-corrected chi connectivity index (χ0v) is 17.4. The molecule has 0 spiro atoms. The zero-order chi connectivity index (χ0) is 19.3. The van der Waals surface area contributed by atoms with Gasteiger partial charge in [-0.1, -0.05) is 34.8 Å². The molecule has 0 bridgehead atoms. The van der Waals surface area contributed by atoms with Crippen molar-refractivity contribution < 1.29 is 4.42 Å². The summed E-state index contributed by atoms with van der Waals surface area (Å²) >= 11 is 21.8. The summed E-state index contributed by atoms with van der Waals surface area (Å²) in [5, 5.41) is 5.53. The molecule has 0 amide bonds. The van der Waals surface area contributed by atoms with E-state index in [1.165, 1.54) is 10.7 Å². The number of pyridine rings is 1. The molecule has 3 heterocycles. The van der Waals surface area contributed by atoms with E-state index in [1.807, 2.05) is 0 Å². The van der Waals surface area contributed by atoms with Crippen LogP contribution in [0.25, 0.3) is 28.3 Å². The Hall–Kier alpha value is -1.93. The third-order valence-electron chi connectivity index (χ3n) is 3.88. The van der Waals surface area contributed by atoms with Gasteiger partial charge in [-0.25, -0.2) is 19.4 Å². The van der Waals surface area contributed by atoms with Crippen LogP contribution in [0.3, 0.4) is 0 Å². The van der Waals surface area contributed by atoms with Crippen molar-refractivity contribution in [1.29, 1.82) is 0 Å². The predicted molar refractivity (Wildman–Crippen MR) is 108 cm³/mol. The van der Waals surface area contributed by atoms with Crippen molar-refractivity contribution in [3.8, 4) is 17.4 Å². The van der Waals surface area contributed by atoms with E-state index in [4.69, 9.17) is 39.2 Å². The second-order valence-electron chi connectivity index (χ2n) is 5.57. The fraction of sp³-hybridized carbons (Fsp3) is 0.0588. The predicted octanol–water partition coefficient (Wildman–Crippen LogP) is 5.47. The van der Waals surface area contributed by atoms with Gasteiger partial charge in [-0.2, -0.15) is 5.10 Å². The van der Waals surface area contributed by atoms with Crippen molar-refractivity contribution in [3.05, 3.63) is 66.1 Å². The number of aromatic nitrogens is 4. The average Bonchev–Trinajstić information content (AvgIpc) is 3.02. The summed E-state index contributed by atoms with van der Waals surface area (Å²) in [6.45, 7) is 1.73. The van der Waals surface area contributed by atoms with E-state index < -0.39 is 5.63 Å². The van der Waals surface area contributed by atoms with Crippen molar-refractivity contribution in [1.82, 2.24) is 19.7 Å². The van der Waals surface area contributed by atoms with Crippen LogP contribution in [-0.4, -0.2) is 19.7 Å². The number of rotatable bonds is 2. The first-order valence-corrected chi connectivity index (χ1v) is 9.46. The van der Waals surface area contributed by atoms with E-state index in [-0.39, 0.29) is 16.3 Å². The van der Waals surface area contributed by atoms with E-state index in [0.29, 0.717) is 37.2 Å². The standard InChI is InChI=1S/C17H8BrCl3N4O2/c1-7-13(21)10(20)5-8-14(7)23-16(27-17(8)26)11-6-12(18)24-25(11)15-9(19)3-2-4-22-15/h2-6H,1H3. The maximum atomic E-state index is 12.5. The fourth-order valence-electron chi connectivity index (χ4n) is 2.62. The van der Waals surface area contributed by atoms with Gasteiger partial charge in [0, 0.05) is 12.3 Å². The molecule has 3 aromatic heterocycles. The van der Waals surface area contributed by atoms with Gasteiger partial charge in [0.25, 0.3) is 0 Å². The number of fused-ring (bicyclic) bond motifs is 1. The fourth-order valence-corrected chi connectivity index (χ4v) is 3.59. The molecule has 1 aromatic carbocycles. The second-order valence-corrected chi connectivity index (χ2v) is 7.58. The molecular weight excluding hydrogens is 478 g/mol. The Kier molecular flexibility index (Phi) is 4.71. The molecule has 4 rings (SSSR count). The second kappa shape index (κ2) is 6.91. The first-order valence-electron chi connectivity index (χ1n) is 7.53. The van der Waals surface area contributed by atoms with E-state index in [0.717, 1.165) is 0 Å². The largest absolute Gasteiger partial charge is 0.401 e. The van der Waals surface area contributed by atoms with E-state index in [1.54, 1.807) is 31.3 Å². The minimum absolute atomic E-state index is 0.0499. The van der Waals surface area contributed by atoms with Gasteiger partial charge in [0.15, 0.2) is 5.82 Å². The normalized spacial score (nSPS) is 11.3. The Bertz CT molecular complexity index is 1270. The summed E-state index contributed by atoms with van der Waals surface area (Å²) in [5.74, 6) is 0.421. The third kappa shape index (κ3) is 3.14. The molecule has 0 fully saturated rings. The van der Waals surface area contributed by atoms with E-state index >= 15 is 0 Å². The number of aryl methyl sites for hydroxylation is 1.